The van der Waals surface area contributed by atoms with Gasteiger partial charge in [-0.05, 0) is 74.8 Å². The Morgan fingerprint density at radius 2 is 1.77 bits per heavy atom. The van der Waals surface area contributed by atoms with Gasteiger partial charge in [0.05, 0.1) is 6.04 Å². The van der Waals surface area contributed by atoms with E-state index in [4.69, 9.17) is 16.3 Å². The number of amides is 3. The molecule has 8 nitrogen and oxygen atoms in total. The molecule has 0 unspecified atom stereocenters. The van der Waals surface area contributed by atoms with E-state index in [1.54, 1.807) is 32.2 Å². The van der Waals surface area contributed by atoms with Crippen molar-refractivity contribution < 1.29 is 23.5 Å². The minimum Gasteiger partial charge on any atom is -0.489 e. The van der Waals surface area contributed by atoms with E-state index in [1.165, 1.54) is 17.0 Å². The van der Waals surface area contributed by atoms with Gasteiger partial charge in [0.25, 0.3) is 0 Å². The molecule has 2 aromatic rings. The molecule has 0 saturated heterocycles. The SMILES string of the molecule is C[C@@H]1CN[C@@H](C2CC2)C(=O)N(C)[C@H](C)C(=O)N[C@H](Cc2ccc(Cl)cc2)C(=O)NCCCc2ccc(F)cc2O1. The first kappa shape index (κ1) is 29.8. The molecule has 0 radical (unpaired) electrons. The van der Waals surface area contributed by atoms with Crippen molar-refractivity contribution in [2.75, 3.05) is 20.1 Å². The van der Waals surface area contributed by atoms with Crippen molar-refractivity contribution in [3.8, 4) is 5.75 Å². The summed E-state index contributed by atoms with van der Waals surface area (Å²) in [6.45, 7) is 4.27. The zero-order valence-corrected chi connectivity index (χ0v) is 24.0. The van der Waals surface area contributed by atoms with Gasteiger partial charge < -0.3 is 25.6 Å². The minimum absolute atomic E-state index is 0.177. The highest BCUT2D eigenvalue weighted by Crippen LogP contribution is 2.33. The van der Waals surface area contributed by atoms with Crippen LogP contribution in [0.15, 0.2) is 42.5 Å². The van der Waals surface area contributed by atoms with Crippen LogP contribution in [-0.4, -0.2) is 67.0 Å². The molecule has 4 atom stereocenters. The van der Waals surface area contributed by atoms with Gasteiger partial charge >= 0.3 is 0 Å². The summed E-state index contributed by atoms with van der Waals surface area (Å²) in [7, 11) is 1.61. The molecule has 10 heteroatoms. The maximum absolute atomic E-state index is 14.1. The van der Waals surface area contributed by atoms with Crippen LogP contribution in [0.1, 0.15) is 44.2 Å². The molecule has 40 heavy (non-hydrogen) atoms. The quantitative estimate of drug-likeness (QED) is 0.524. The Hall–Kier alpha value is -3.17. The Balaban J connectivity index is 1.58. The van der Waals surface area contributed by atoms with Crippen LogP contribution in [0.2, 0.25) is 5.02 Å². The fourth-order valence-electron chi connectivity index (χ4n) is 4.84. The highest BCUT2D eigenvalue weighted by Gasteiger charge is 2.39. The number of ether oxygens (including phenoxy) is 1. The number of carbonyl (C=O) groups is 3. The number of hydrogen-bond acceptors (Lipinski definition) is 5. The average Bonchev–Trinajstić information content (AvgIpc) is 3.76. The van der Waals surface area contributed by atoms with Crippen LogP contribution in [0.25, 0.3) is 0 Å². The predicted octanol–water partition coefficient (Wildman–Crippen LogP) is 3.25. The summed E-state index contributed by atoms with van der Waals surface area (Å²) in [4.78, 5) is 41.5. The van der Waals surface area contributed by atoms with Gasteiger partial charge in [-0.25, -0.2) is 4.39 Å². The van der Waals surface area contributed by atoms with Crippen molar-refractivity contribution in [3.63, 3.8) is 0 Å². The van der Waals surface area contributed by atoms with Crippen molar-refractivity contribution >= 4 is 29.3 Å². The predicted molar refractivity (Wildman–Crippen MR) is 152 cm³/mol. The highest BCUT2D eigenvalue weighted by atomic mass is 35.5. The molecule has 1 saturated carbocycles. The van der Waals surface area contributed by atoms with Crippen molar-refractivity contribution in [2.45, 2.75) is 70.2 Å². The van der Waals surface area contributed by atoms with Crippen LogP contribution >= 0.6 is 11.6 Å². The van der Waals surface area contributed by atoms with E-state index in [0.717, 1.165) is 24.0 Å². The van der Waals surface area contributed by atoms with E-state index in [0.29, 0.717) is 36.7 Å². The Morgan fingerprint density at radius 1 is 1.05 bits per heavy atom. The van der Waals surface area contributed by atoms with Gasteiger partial charge in [0.1, 0.15) is 29.8 Å². The molecule has 3 N–H and O–H groups in total. The number of nitrogens with one attached hydrogen (secondary N) is 3. The summed E-state index contributed by atoms with van der Waals surface area (Å²) in [5.41, 5.74) is 1.67. The molecule has 216 valence electrons. The largest absolute Gasteiger partial charge is 0.489 e. The molecule has 3 amide bonds. The van der Waals surface area contributed by atoms with E-state index in [9.17, 15) is 18.8 Å². The zero-order chi connectivity index (χ0) is 28.8. The van der Waals surface area contributed by atoms with E-state index < -0.39 is 29.8 Å². The second-order valence-corrected chi connectivity index (χ2v) is 11.3. The second kappa shape index (κ2) is 13.5. The van der Waals surface area contributed by atoms with E-state index in [-0.39, 0.29) is 30.3 Å². The van der Waals surface area contributed by atoms with Gasteiger partial charge in [-0.3, -0.25) is 14.4 Å². The number of benzene rings is 2. The lowest BCUT2D eigenvalue weighted by Crippen LogP contribution is -2.57. The van der Waals surface area contributed by atoms with Crippen LogP contribution < -0.4 is 20.7 Å². The number of carbonyl (C=O) groups excluding carboxylic acids is 3. The van der Waals surface area contributed by atoms with Crippen molar-refractivity contribution in [3.05, 3.63) is 64.4 Å². The molecule has 4 rings (SSSR count). The lowest BCUT2D eigenvalue weighted by molar-refractivity contribution is -0.141. The summed E-state index contributed by atoms with van der Waals surface area (Å²) < 4.78 is 20.2. The lowest BCUT2D eigenvalue weighted by atomic mass is 10.0. The number of fused-ring (bicyclic) bond motifs is 1. The molecule has 0 spiro atoms. The second-order valence-electron chi connectivity index (χ2n) is 10.8. The fourth-order valence-corrected chi connectivity index (χ4v) is 4.96. The first-order valence-corrected chi connectivity index (χ1v) is 14.3. The zero-order valence-electron chi connectivity index (χ0n) is 23.2. The van der Waals surface area contributed by atoms with Crippen LogP contribution in [-0.2, 0) is 27.2 Å². The van der Waals surface area contributed by atoms with E-state index >= 15 is 0 Å². The van der Waals surface area contributed by atoms with Gasteiger partial charge in [0, 0.05) is 37.6 Å². The molecule has 0 bridgehead atoms. The summed E-state index contributed by atoms with van der Waals surface area (Å²) >= 11 is 6.02. The average molecular weight is 573 g/mol. The van der Waals surface area contributed by atoms with Gasteiger partial charge in [0.15, 0.2) is 0 Å². The fraction of sp³-hybridized carbons (Fsp3) is 0.500. The lowest BCUT2D eigenvalue weighted by Gasteiger charge is -2.31. The molecule has 1 heterocycles. The monoisotopic (exact) mass is 572 g/mol. The van der Waals surface area contributed by atoms with Gasteiger partial charge in [-0.1, -0.05) is 29.8 Å². The van der Waals surface area contributed by atoms with Crippen molar-refractivity contribution in [1.82, 2.24) is 20.9 Å². The van der Waals surface area contributed by atoms with Crippen molar-refractivity contribution in [1.29, 1.82) is 0 Å². The standard InChI is InChI=1S/C30H38ClFN4O4/c1-18-17-34-27(22-8-9-22)30(39)36(3)19(2)28(37)35-25(15-20-6-11-23(31)12-7-20)29(38)33-14-4-5-21-10-13-24(32)16-26(21)40-18/h6-7,10-13,16,18-19,22,25,27,34H,4-5,8-9,14-15,17H2,1-3H3,(H,33,38)(H,35,37)/t18-,19-,25-,27+/m1/s1. The molecular formula is C30H38ClFN4O4. The number of hydrogen-bond donors (Lipinski definition) is 3. The molecule has 2 aliphatic rings. The maximum Gasteiger partial charge on any atom is 0.243 e. The number of aryl methyl sites for hydroxylation is 1. The first-order chi connectivity index (χ1) is 19.1. The number of likely N-dealkylation sites (N-methyl/N-ethyl adjacent to an activating group) is 1. The number of nitrogens with zero attached hydrogens (tertiary/aromatic N) is 1. The summed E-state index contributed by atoms with van der Waals surface area (Å²) in [6.07, 6.45) is 2.94. The Labute approximate surface area is 240 Å². The van der Waals surface area contributed by atoms with Gasteiger partial charge in [-0.15, -0.1) is 0 Å². The third-order valence-corrected chi connectivity index (χ3v) is 7.81. The molecule has 1 aliphatic heterocycles. The Kier molecular flexibility index (Phi) is 10.0. The molecule has 2 aromatic carbocycles. The normalized spacial score (nSPS) is 25.6. The van der Waals surface area contributed by atoms with E-state index in [1.807, 2.05) is 19.1 Å². The summed E-state index contributed by atoms with van der Waals surface area (Å²) in [5.74, 6) is -0.688. The summed E-state index contributed by atoms with van der Waals surface area (Å²) in [5, 5.41) is 9.69. The van der Waals surface area contributed by atoms with Gasteiger partial charge in [0.2, 0.25) is 17.7 Å². The van der Waals surface area contributed by atoms with Gasteiger partial charge in [-0.2, -0.15) is 0 Å². The number of halogens is 2. The molecule has 1 fully saturated rings. The smallest absolute Gasteiger partial charge is 0.243 e. The maximum atomic E-state index is 14.1. The van der Waals surface area contributed by atoms with Crippen LogP contribution in [0, 0.1) is 11.7 Å². The summed E-state index contributed by atoms with van der Waals surface area (Å²) in [6, 6.07) is 9.46. The Bertz CT molecular complexity index is 1210. The van der Waals surface area contributed by atoms with Crippen LogP contribution in [0.4, 0.5) is 4.39 Å². The van der Waals surface area contributed by atoms with Crippen LogP contribution in [0.5, 0.6) is 5.75 Å². The minimum atomic E-state index is -0.846. The third kappa shape index (κ3) is 7.95. The van der Waals surface area contributed by atoms with Crippen LogP contribution in [0.3, 0.4) is 0 Å². The Morgan fingerprint density at radius 3 is 2.48 bits per heavy atom. The highest BCUT2D eigenvalue weighted by molar-refractivity contribution is 6.30. The molecule has 0 aromatic heterocycles. The van der Waals surface area contributed by atoms with E-state index in [2.05, 4.69) is 16.0 Å². The van der Waals surface area contributed by atoms with Crippen molar-refractivity contribution in [2.24, 2.45) is 5.92 Å². The topological polar surface area (TPSA) is 99.8 Å². The third-order valence-electron chi connectivity index (χ3n) is 7.56. The number of rotatable bonds is 3. The molecule has 1 aliphatic carbocycles. The molecular weight excluding hydrogens is 535 g/mol. The first-order valence-electron chi connectivity index (χ1n) is 13.9.